The molecule has 0 fully saturated rings. The molecule has 0 aliphatic rings. The van der Waals surface area contributed by atoms with Gasteiger partial charge in [-0.05, 0) is 44.5 Å². The van der Waals surface area contributed by atoms with Crippen molar-refractivity contribution in [2.45, 2.75) is 32.9 Å². The van der Waals surface area contributed by atoms with Gasteiger partial charge in [0.1, 0.15) is 0 Å². The summed E-state index contributed by atoms with van der Waals surface area (Å²) >= 11 is 12.0. The zero-order valence-corrected chi connectivity index (χ0v) is 12.1. The van der Waals surface area contributed by atoms with Crippen LogP contribution in [-0.4, -0.2) is 18.6 Å². The van der Waals surface area contributed by atoms with Gasteiger partial charge in [0.25, 0.3) is 0 Å². The van der Waals surface area contributed by atoms with Gasteiger partial charge in [0.2, 0.25) is 0 Å². The molecule has 0 aromatic heterocycles. The molecule has 2 N–H and O–H groups in total. The third-order valence-corrected chi connectivity index (χ3v) is 2.88. The van der Waals surface area contributed by atoms with Crippen LogP contribution in [-0.2, 0) is 6.54 Å². The molecule has 17 heavy (non-hydrogen) atoms. The summed E-state index contributed by atoms with van der Waals surface area (Å²) in [5.41, 5.74) is 1.20. The highest BCUT2D eigenvalue weighted by Gasteiger charge is 2.07. The Balaban J connectivity index is 2.29. The number of benzene rings is 1. The summed E-state index contributed by atoms with van der Waals surface area (Å²) in [6.07, 6.45) is 0. The Kier molecular flexibility index (Phi) is 5.74. The summed E-state index contributed by atoms with van der Waals surface area (Å²) in [6.45, 7) is 9.04. The lowest BCUT2D eigenvalue weighted by Gasteiger charge is -2.20. The van der Waals surface area contributed by atoms with Gasteiger partial charge in [-0.25, -0.2) is 0 Å². The summed E-state index contributed by atoms with van der Waals surface area (Å²) in [7, 11) is 0. The molecule has 0 atom stereocenters. The fraction of sp³-hybridized carbons (Fsp3) is 0.538. The highest BCUT2D eigenvalue weighted by atomic mass is 35.5. The van der Waals surface area contributed by atoms with Crippen LogP contribution in [0.1, 0.15) is 26.3 Å². The fourth-order valence-electron chi connectivity index (χ4n) is 1.43. The largest absolute Gasteiger partial charge is 0.311 e. The Bertz CT molecular complexity index is 359. The molecule has 1 aromatic rings. The van der Waals surface area contributed by atoms with E-state index in [9.17, 15) is 0 Å². The maximum atomic E-state index is 6.07. The molecule has 4 heteroatoms. The van der Waals surface area contributed by atoms with E-state index in [0.717, 1.165) is 35.2 Å². The van der Waals surface area contributed by atoms with Crippen LogP contribution in [0.5, 0.6) is 0 Å². The first kappa shape index (κ1) is 14.8. The minimum atomic E-state index is 0.162. The van der Waals surface area contributed by atoms with Gasteiger partial charge in [-0.3, -0.25) is 0 Å². The maximum absolute atomic E-state index is 6.07. The minimum Gasteiger partial charge on any atom is -0.311 e. The van der Waals surface area contributed by atoms with Gasteiger partial charge in [0.15, 0.2) is 0 Å². The van der Waals surface area contributed by atoms with Crippen molar-refractivity contribution in [3.05, 3.63) is 33.8 Å². The van der Waals surface area contributed by atoms with Crippen molar-refractivity contribution in [3.63, 3.8) is 0 Å². The van der Waals surface area contributed by atoms with Crippen molar-refractivity contribution in [1.82, 2.24) is 10.6 Å². The van der Waals surface area contributed by atoms with Gasteiger partial charge in [0.05, 0.1) is 0 Å². The molecule has 1 aromatic carbocycles. The zero-order valence-electron chi connectivity index (χ0n) is 10.6. The quantitative estimate of drug-likeness (QED) is 0.804. The van der Waals surface area contributed by atoms with Crippen molar-refractivity contribution in [2.75, 3.05) is 13.1 Å². The van der Waals surface area contributed by atoms with Crippen molar-refractivity contribution in [2.24, 2.45) is 0 Å². The van der Waals surface area contributed by atoms with Gasteiger partial charge < -0.3 is 10.6 Å². The molecule has 0 bridgehead atoms. The highest BCUT2D eigenvalue weighted by molar-refractivity contribution is 6.33. The van der Waals surface area contributed by atoms with E-state index < -0.39 is 0 Å². The van der Waals surface area contributed by atoms with Gasteiger partial charge >= 0.3 is 0 Å². The van der Waals surface area contributed by atoms with Gasteiger partial charge in [-0.2, -0.15) is 0 Å². The standard InChI is InChI=1S/C13H20Cl2N2/c1-13(2,3)17-7-6-16-9-10-8-11(14)4-5-12(10)15/h4-5,8,16-17H,6-7,9H2,1-3H3. The van der Waals surface area contributed by atoms with E-state index in [1.807, 2.05) is 12.1 Å². The van der Waals surface area contributed by atoms with Gasteiger partial charge in [0, 0.05) is 35.2 Å². The lowest BCUT2D eigenvalue weighted by Crippen LogP contribution is -2.40. The fourth-order valence-corrected chi connectivity index (χ4v) is 1.81. The number of hydrogen-bond donors (Lipinski definition) is 2. The van der Waals surface area contributed by atoms with Crippen molar-refractivity contribution < 1.29 is 0 Å². The highest BCUT2D eigenvalue weighted by Crippen LogP contribution is 2.20. The smallest absolute Gasteiger partial charge is 0.0451 e. The van der Waals surface area contributed by atoms with E-state index >= 15 is 0 Å². The Morgan fingerprint density at radius 2 is 1.82 bits per heavy atom. The predicted octanol–water partition coefficient (Wildman–Crippen LogP) is 3.47. The van der Waals surface area contributed by atoms with Crippen LogP contribution < -0.4 is 10.6 Å². The summed E-state index contributed by atoms with van der Waals surface area (Å²) < 4.78 is 0. The van der Waals surface area contributed by atoms with Crippen LogP contribution in [0.4, 0.5) is 0 Å². The molecule has 0 saturated heterocycles. The van der Waals surface area contributed by atoms with Crippen molar-refractivity contribution in [3.8, 4) is 0 Å². The van der Waals surface area contributed by atoms with Crippen molar-refractivity contribution in [1.29, 1.82) is 0 Å². The van der Waals surface area contributed by atoms with Crippen LogP contribution in [0.15, 0.2) is 18.2 Å². The second kappa shape index (κ2) is 6.60. The van der Waals surface area contributed by atoms with Crippen LogP contribution >= 0.6 is 23.2 Å². The van der Waals surface area contributed by atoms with E-state index in [1.54, 1.807) is 6.07 Å². The molecule has 0 radical (unpaired) electrons. The topological polar surface area (TPSA) is 24.1 Å². The van der Waals surface area contributed by atoms with Crippen LogP contribution in [0.3, 0.4) is 0 Å². The number of rotatable bonds is 5. The Labute approximate surface area is 114 Å². The second-order valence-corrected chi connectivity index (χ2v) is 5.93. The third-order valence-electron chi connectivity index (χ3n) is 2.28. The Morgan fingerprint density at radius 3 is 2.47 bits per heavy atom. The predicted molar refractivity (Wildman–Crippen MR) is 75.9 cm³/mol. The average molecular weight is 275 g/mol. The van der Waals surface area contributed by atoms with Crippen molar-refractivity contribution >= 4 is 23.2 Å². The van der Waals surface area contributed by atoms with E-state index in [1.165, 1.54) is 0 Å². The molecular weight excluding hydrogens is 255 g/mol. The Morgan fingerprint density at radius 1 is 1.12 bits per heavy atom. The monoisotopic (exact) mass is 274 g/mol. The van der Waals surface area contributed by atoms with Crippen LogP contribution in [0, 0.1) is 0 Å². The second-order valence-electron chi connectivity index (χ2n) is 5.09. The zero-order chi connectivity index (χ0) is 12.9. The Hall–Kier alpha value is -0.280. The maximum Gasteiger partial charge on any atom is 0.0451 e. The van der Waals surface area contributed by atoms with E-state index in [0.29, 0.717) is 0 Å². The normalized spacial score (nSPS) is 11.8. The lowest BCUT2D eigenvalue weighted by atomic mass is 10.1. The van der Waals surface area contributed by atoms with Gasteiger partial charge in [-0.15, -0.1) is 0 Å². The first-order valence-electron chi connectivity index (χ1n) is 5.78. The molecule has 0 aliphatic carbocycles. The summed E-state index contributed by atoms with van der Waals surface area (Å²) in [6, 6.07) is 5.52. The third kappa shape index (κ3) is 6.27. The summed E-state index contributed by atoms with van der Waals surface area (Å²) in [4.78, 5) is 0. The molecule has 0 heterocycles. The SMILES string of the molecule is CC(C)(C)NCCNCc1cc(Cl)ccc1Cl. The number of hydrogen-bond acceptors (Lipinski definition) is 2. The molecule has 96 valence electrons. The van der Waals surface area contributed by atoms with Gasteiger partial charge in [-0.1, -0.05) is 23.2 Å². The first-order chi connectivity index (χ1) is 7.88. The van der Waals surface area contributed by atoms with E-state index in [4.69, 9.17) is 23.2 Å². The molecule has 0 saturated carbocycles. The average Bonchev–Trinajstić information content (AvgIpc) is 2.21. The molecule has 2 nitrogen and oxygen atoms in total. The van der Waals surface area contributed by atoms with Crippen LogP contribution in [0.25, 0.3) is 0 Å². The lowest BCUT2D eigenvalue weighted by molar-refractivity contribution is 0.421. The molecule has 0 unspecified atom stereocenters. The summed E-state index contributed by atoms with van der Waals surface area (Å²) in [5, 5.41) is 8.23. The molecule has 0 aliphatic heterocycles. The molecule has 0 amide bonds. The first-order valence-corrected chi connectivity index (χ1v) is 6.54. The minimum absolute atomic E-state index is 0.162. The van der Waals surface area contributed by atoms with E-state index in [-0.39, 0.29) is 5.54 Å². The number of halogens is 2. The number of nitrogens with one attached hydrogen (secondary N) is 2. The molecule has 1 rings (SSSR count). The van der Waals surface area contributed by atoms with E-state index in [2.05, 4.69) is 31.4 Å². The van der Waals surface area contributed by atoms with Crippen LogP contribution in [0.2, 0.25) is 10.0 Å². The molecule has 0 spiro atoms. The molecular formula is C13H20Cl2N2. The summed E-state index contributed by atoms with van der Waals surface area (Å²) in [5.74, 6) is 0.